The van der Waals surface area contributed by atoms with Crippen LogP contribution in [0, 0.1) is 6.92 Å². The Morgan fingerprint density at radius 2 is 1.76 bits per heavy atom. The van der Waals surface area contributed by atoms with Crippen LogP contribution in [0.3, 0.4) is 0 Å². The van der Waals surface area contributed by atoms with Crippen molar-refractivity contribution in [2.24, 2.45) is 5.10 Å². The number of sulfonamides is 1. The van der Waals surface area contributed by atoms with E-state index in [9.17, 15) is 8.42 Å². The van der Waals surface area contributed by atoms with Crippen LogP contribution in [-0.4, -0.2) is 37.0 Å². The van der Waals surface area contributed by atoms with E-state index in [1.54, 1.807) is 34.8 Å². The third-order valence-electron chi connectivity index (χ3n) is 4.81. The molecule has 0 saturated carbocycles. The minimum absolute atomic E-state index is 0.333. The van der Waals surface area contributed by atoms with Crippen LogP contribution in [0.15, 0.2) is 63.9 Å². The first-order chi connectivity index (χ1) is 14.0. The lowest BCUT2D eigenvalue weighted by atomic mass is 10.2. The fourth-order valence-corrected chi connectivity index (χ4v) is 5.33. The minimum Gasteiger partial charge on any atom is -0.253 e. The van der Waals surface area contributed by atoms with Crippen molar-refractivity contribution in [3.8, 4) is 11.3 Å². The Bertz CT molecular complexity index is 1100. The summed E-state index contributed by atoms with van der Waals surface area (Å²) in [5.74, 6) is 0. The number of anilines is 1. The van der Waals surface area contributed by atoms with Crippen LogP contribution in [-0.2, 0) is 10.0 Å². The van der Waals surface area contributed by atoms with Gasteiger partial charge in [-0.15, -0.1) is 11.3 Å². The zero-order chi connectivity index (χ0) is 20.3. The third-order valence-corrected chi connectivity index (χ3v) is 7.47. The van der Waals surface area contributed by atoms with Crippen molar-refractivity contribution in [1.82, 2.24) is 9.29 Å². The number of thiazole rings is 1. The maximum absolute atomic E-state index is 12.6. The minimum atomic E-state index is -3.39. The van der Waals surface area contributed by atoms with E-state index in [1.807, 2.05) is 36.6 Å². The van der Waals surface area contributed by atoms with Crippen molar-refractivity contribution in [1.29, 1.82) is 0 Å². The lowest BCUT2D eigenvalue weighted by molar-refractivity contribution is 0.477. The second kappa shape index (κ2) is 8.44. The van der Waals surface area contributed by atoms with Crippen LogP contribution in [0.2, 0.25) is 0 Å². The van der Waals surface area contributed by atoms with Gasteiger partial charge in [0.05, 0.1) is 16.8 Å². The highest BCUT2D eigenvalue weighted by Gasteiger charge is 2.26. The molecule has 1 N–H and O–H groups in total. The van der Waals surface area contributed by atoms with Crippen LogP contribution in [0.25, 0.3) is 11.3 Å². The van der Waals surface area contributed by atoms with Crippen LogP contribution >= 0.6 is 11.3 Å². The molecule has 29 heavy (non-hydrogen) atoms. The molecular weight excluding hydrogens is 404 g/mol. The zero-order valence-electron chi connectivity index (χ0n) is 16.1. The van der Waals surface area contributed by atoms with Gasteiger partial charge in [0.15, 0.2) is 0 Å². The molecule has 0 aliphatic carbocycles. The Hall–Kier alpha value is -2.55. The normalized spacial score (nSPS) is 15.2. The zero-order valence-corrected chi connectivity index (χ0v) is 17.7. The lowest BCUT2D eigenvalue weighted by Crippen LogP contribution is -2.27. The molecule has 0 radical (unpaired) electrons. The van der Waals surface area contributed by atoms with Gasteiger partial charge < -0.3 is 0 Å². The lowest BCUT2D eigenvalue weighted by Gasteiger charge is -2.15. The van der Waals surface area contributed by atoms with Gasteiger partial charge in [-0.2, -0.15) is 9.41 Å². The first-order valence-electron chi connectivity index (χ1n) is 9.44. The Balaban J connectivity index is 1.43. The van der Waals surface area contributed by atoms with E-state index in [-0.39, 0.29) is 0 Å². The molecule has 150 valence electrons. The van der Waals surface area contributed by atoms with Gasteiger partial charge in [-0.3, -0.25) is 5.43 Å². The van der Waals surface area contributed by atoms with Gasteiger partial charge in [0.2, 0.25) is 15.2 Å². The third kappa shape index (κ3) is 4.55. The highest BCUT2D eigenvalue weighted by molar-refractivity contribution is 7.89. The molecule has 8 heteroatoms. The summed E-state index contributed by atoms with van der Waals surface area (Å²) in [5, 5.41) is 6.83. The number of hydrazone groups is 1. The Kier molecular flexibility index (Phi) is 5.75. The van der Waals surface area contributed by atoms with Crippen LogP contribution in [0.4, 0.5) is 5.13 Å². The van der Waals surface area contributed by atoms with Crippen molar-refractivity contribution >= 4 is 32.7 Å². The topological polar surface area (TPSA) is 74.7 Å². The summed E-state index contributed by atoms with van der Waals surface area (Å²) in [7, 11) is -3.39. The summed E-state index contributed by atoms with van der Waals surface area (Å²) < 4.78 is 26.8. The van der Waals surface area contributed by atoms with Crippen LogP contribution < -0.4 is 5.43 Å². The molecule has 4 rings (SSSR count). The summed E-state index contributed by atoms with van der Waals surface area (Å²) in [5.41, 5.74) is 6.82. The number of benzene rings is 2. The first-order valence-corrected chi connectivity index (χ1v) is 11.8. The molecular formula is C21H22N4O2S2. The van der Waals surface area contributed by atoms with Crippen molar-refractivity contribution in [2.75, 3.05) is 18.5 Å². The van der Waals surface area contributed by atoms with Crippen LogP contribution in [0.1, 0.15) is 24.0 Å². The van der Waals surface area contributed by atoms with Gasteiger partial charge in [0, 0.05) is 24.0 Å². The summed E-state index contributed by atoms with van der Waals surface area (Å²) in [6, 6.07) is 15.0. The van der Waals surface area contributed by atoms with E-state index < -0.39 is 10.0 Å². The van der Waals surface area contributed by atoms with E-state index >= 15 is 0 Å². The van der Waals surface area contributed by atoms with Crippen molar-refractivity contribution < 1.29 is 8.42 Å². The van der Waals surface area contributed by atoms with Gasteiger partial charge in [0.1, 0.15) is 0 Å². The van der Waals surface area contributed by atoms with E-state index in [1.165, 1.54) is 16.9 Å². The fraction of sp³-hybridized carbons (Fsp3) is 0.238. The standard InChI is InChI=1S/C21H22N4O2S2/c1-16-4-6-17(7-5-16)14-22-24-21-23-20(15-28-21)18-8-10-19(11-9-18)29(26,27)25-12-2-3-13-25/h4-11,14-15H,2-3,12-13H2,1H3,(H,23,24)/b22-14+. The number of nitrogens with one attached hydrogen (secondary N) is 1. The molecule has 1 aliphatic heterocycles. The summed E-state index contributed by atoms with van der Waals surface area (Å²) in [6.07, 6.45) is 3.61. The average molecular weight is 427 g/mol. The highest BCUT2D eigenvalue weighted by Crippen LogP contribution is 2.27. The Morgan fingerprint density at radius 3 is 2.45 bits per heavy atom. The molecule has 1 fully saturated rings. The fourth-order valence-electron chi connectivity index (χ4n) is 3.15. The van der Waals surface area contributed by atoms with Gasteiger partial charge in [-0.25, -0.2) is 13.4 Å². The Labute approximate surface area is 175 Å². The second-order valence-corrected chi connectivity index (χ2v) is 9.75. The number of rotatable bonds is 6. The summed E-state index contributed by atoms with van der Waals surface area (Å²) in [4.78, 5) is 4.86. The molecule has 1 aliphatic rings. The molecule has 2 aromatic carbocycles. The quantitative estimate of drug-likeness (QED) is 0.470. The smallest absolute Gasteiger partial charge is 0.243 e. The number of hydrogen-bond acceptors (Lipinski definition) is 6. The predicted molar refractivity (Wildman–Crippen MR) is 118 cm³/mol. The maximum Gasteiger partial charge on any atom is 0.243 e. The van der Waals surface area contributed by atoms with Crippen molar-refractivity contribution in [3.05, 3.63) is 65.0 Å². The van der Waals surface area contributed by atoms with Crippen LogP contribution in [0.5, 0.6) is 0 Å². The van der Waals surface area contributed by atoms with Crippen molar-refractivity contribution in [3.63, 3.8) is 0 Å². The van der Waals surface area contributed by atoms with E-state index in [0.29, 0.717) is 23.1 Å². The van der Waals surface area contributed by atoms with Gasteiger partial charge in [0.25, 0.3) is 0 Å². The largest absolute Gasteiger partial charge is 0.253 e. The molecule has 0 spiro atoms. The monoisotopic (exact) mass is 426 g/mol. The number of nitrogens with zero attached hydrogens (tertiary/aromatic N) is 3. The molecule has 0 unspecified atom stereocenters. The molecule has 0 atom stereocenters. The van der Waals surface area contributed by atoms with Gasteiger partial charge >= 0.3 is 0 Å². The average Bonchev–Trinajstić information content (AvgIpc) is 3.42. The van der Waals surface area contributed by atoms with E-state index in [2.05, 4.69) is 15.5 Å². The SMILES string of the molecule is Cc1ccc(/C=N/Nc2nc(-c3ccc(S(=O)(=O)N4CCCC4)cc3)cs2)cc1. The van der Waals surface area contributed by atoms with Gasteiger partial charge in [-0.05, 0) is 37.5 Å². The second-order valence-electron chi connectivity index (χ2n) is 6.95. The maximum atomic E-state index is 12.6. The predicted octanol–water partition coefficient (Wildman–Crippen LogP) is 4.35. The molecule has 0 bridgehead atoms. The molecule has 0 amide bonds. The number of aryl methyl sites for hydroxylation is 1. The summed E-state index contributed by atoms with van der Waals surface area (Å²) in [6.45, 7) is 3.26. The molecule has 6 nitrogen and oxygen atoms in total. The molecule has 2 heterocycles. The molecule has 1 saturated heterocycles. The van der Waals surface area contributed by atoms with Crippen molar-refractivity contribution in [2.45, 2.75) is 24.7 Å². The number of hydrogen-bond donors (Lipinski definition) is 1. The molecule has 3 aromatic rings. The summed E-state index contributed by atoms with van der Waals surface area (Å²) >= 11 is 1.45. The highest BCUT2D eigenvalue weighted by atomic mass is 32.2. The van der Waals surface area contributed by atoms with Gasteiger partial charge in [-0.1, -0.05) is 42.0 Å². The van der Waals surface area contributed by atoms with E-state index in [4.69, 9.17) is 0 Å². The first kappa shape index (κ1) is 19.8. The Morgan fingerprint density at radius 1 is 1.07 bits per heavy atom. The van der Waals surface area contributed by atoms with E-state index in [0.717, 1.165) is 29.7 Å². The number of aromatic nitrogens is 1. The molecule has 1 aromatic heterocycles.